The van der Waals surface area contributed by atoms with E-state index in [0.29, 0.717) is 5.82 Å². The molecule has 0 saturated heterocycles. The van der Waals surface area contributed by atoms with Crippen LogP contribution in [0.15, 0.2) is 18.3 Å². The molecule has 80 valence electrons. The molecule has 0 atom stereocenters. The zero-order chi connectivity index (χ0) is 11.3. The van der Waals surface area contributed by atoms with Crippen LogP contribution in [0.3, 0.4) is 0 Å². The van der Waals surface area contributed by atoms with Crippen molar-refractivity contribution in [2.45, 2.75) is 27.7 Å². The number of hydrogen-bond donors (Lipinski definition) is 1. The molecule has 4 nitrogen and oxygen atoms in total. The summed E-state index contributed by atoms with van der Waals surface area (Å²) >= 11 is 0. The number of aromatic amines is 1. The van der Waals surface area contributed by atoms with E-state index in [1.165, 1.54) is 0 Å². The first-order valence-electron chi connectivity index (χ1n) is 5.08. The normalized spacial score (nSPS) is 9.33. The molecule has 0 aromatic carbocycles. The summed E-state index contributed by atoms with van der Waals surface area (Å²) in [6.07, 6.45) is 1.81. The molecule has 2 heterocycles. The summed E-state index contributed by atoms with van der Waals surface area (Å²) in [6, 6.07) is 3.91. The maximum Gasteiger partial charge on any atom is 0.199 e. The van der Waals surface area contributed by atoms with E-state index < -0.39 is 0 Å². The molecule has 4 heteroatoms. The van der Waals surface area contributed by atoms with E-state index >= 15 is 0 Å². The molecule has 0 aliphatic rings. The van der Waals surface area contributed by atoms with Gasteiger partial charge >= 0.3 is 0 Å². The van der Waals surface area contributed by atoms with Crippen molar-refractivity contribution in [3.63, 3.8) is 0 Å². The first-order chi connectivity index (χ1) is 7.25. The molecule has 1 N–H and O–H groups in total. The van der Waals surface area contributed by atoms with Gasteiger partial charge in [-0.3, -0.25) is 10.1 Å². The molecule has 0 radical (unpaired) electrons. The van der Waals surface area contributed by atoms with Gasteiger partial charge in [0.2, 0.25) is 0 Å². The molecule has 0 fully saturated rings. The molecule has 0 aliphatic heterocycles. The first kappa shape index (κ1) is 11.4. The molecule has 0 amide bonds. The van der Waals surface area contributed by atoms with Crippen molar-refractivity contribution < 1.29 is 0 Å². The van der Waals surface area contributed by atoms with E-state index in [2.05, 4.69) is 20.2 Å². The Morgan fingerprint density at radius 2 is 1.87 bits per heavy atom. The van der Waals surface area contributed by atoms with Gasteiger partial charge in [0.15, 0.2) is 5.82 Å². The third kappa shape index (κ3) is 2.87. The fourth-order valence-corrected chi connectivity index (χ4v) is 1.06. The topological polar surface area (TPSA) is 54.5 Å². The lowest BCUT2D eigenvalue weighted by Crippen LogP contribution is -1.85. The molecule has 0 saturated carbocycles. The van der Waals surface area contributed by atoms with Gasteiger partial charge < -0.3 is 0 Å². The summed E-state index contributed by atoms with van der Waals surface area (Å²) < 4.78 is 0. The van der Waals surface area contributed by atoms with Crippen molar-refractivity contribution in [1.82, 2.24) is 20.2 Å². The van der Waals surface area contributed by atoms with Crippen molar-refractivity contribution >= 4 is 0 Å². The van der Waals surface area contributed by atoms with Gasteiger partial charge in [0.25, 0.3) is 0 Å². The van der Waals surface area contributed by atoms with Gasteiger partial charge in [-0.25, -0.2) is 4.98 Å². The molecular weight excluding hydrogens is 188 g/mol. The summed E-state index contributed by atoms with van der Waals surface area (Å²) in [5.41, 5.74) is 1.94. The Labute approximate surface area is 89.8 Å². The van der Waals surface area contributed by atoms with Crippen molar-refractivity contribution in [2.24, 2.45) is 0 Å². The average Bonchev–Trinajstić information content (AvgIpc) is 2.69. The molecule has 2 rings (SSSR count). The summed E-state index contributed by atoms with van der Waals surface area (Å²) in [5, 5.41) is 6.80. The van der Waals surface area contributed by atoms with Crippen LogP contribution in [0.25, 0.3) is 11.5 Å². The molecule has 2 aromatic rings. The van der Waals surface area contributed by atoms with Gasteiger partial charge in [-0.05, 0) is 25.5 Å². The second kappa shape index (κ2) is 5.24. The standard InChI is InChI=1S/C9H10N4.C2H6/c1-6-3-4-8(10-5-6)9-11-7(2)12-13-9;1-2/h3-5H,1-2H3,(H,11,12,13);1-2H3. The number of hydrogen-bond acceptors (Lipinski definition) is 3. The summed E-state index contributed by atoms with van der Waals surface area (Å²) in [6.45, 7) is 7.87. The highest BCUT2D eigenvalue weighted by molar-refractivity contribution is 5.48. The lowest BCUT2D eigenvalue weighted by atomic mass is 10.3. The highest BCUT2D eigenvalue weighted by Crippen LogP contribution is 2.10. The third-order valence-corrected chi connectivity index (χ3v) is 1.74. The zero-order valence-corrected chi connectivity index (χ0v) is 9.57. The fourth-order valence-electron chi connectivity index (χ4n) is 1.06. The fraction of sp³-hybridized carbons (Fsp3) is 0.364. The van der Waals surface area contributed by atoms with Crippen LogP contribution in [-0.2, 0) is 0 Å². The SMILES string of the molecule is CC.Cc1ccc(-c2n[nH]c(C)n2)nc1. The van der Waals surface area contributed by atoms with E-state index in [4.69, 9.17) is 0 Å². The largest absolute Gasteiger partial charge is 0.263 e. The van der Waals surface area contributed by atoms with Crippen molar-refractivity contribution in [3.05, 3.63) is 29.7 Å². The highest BCUT2D eigenvalue weighted by atomic mass is 15.2. The Balaban J connectivity index is 0.000000531. The highest BCUT2D eigenvalue weighted by Gasteiger charge is 2.03. The zero-order valence-electron chi connectivity index (χ0n) is 9.57. The number of aromatic nitrogens is 4. The Morgan fingerprint density at radius 3 is 2.33 bits per heavy atom. The Kier molecular flexibility index (Phi) is 3.97. The van der Waals surface area contributed by atoms with Crippen LogP contribution in [0.1, 0.15) is 25.2 Å². The molecular formula is C11H16N4. The number of pyridine rings is 1. The van der Waals surface area contributed by atoms with E-state index in [1.54, 1.807) is 6.20 Å². The van der Waals surface area contributed by atoms with Crippen LogP contribution in [-0.4, -0.2) is 20.2 Å². The molecule has 0 unspecified atom stereocenters. The number of aryl methyl sites for hydroxylation is 2. The number of nitrogens with one attached hydrogen (secondary N) is 1. The maximum atomic E-state index is 4.22. The van der Waals surface area contributed by atoms with Gasteiger partial charge in [0.05, 0.1) is 0 Å². The van der Waals surface area contributed by atoms with Gasteiger partial charge in [0.1, 0.15) is 11.5 Å². The van der Waals surface area contributed by atoms with Crippen LogP contribution in [0.2, 0.25) is 0 Å². The molecule has 0 aliphatic carbocycles. The minimum Gasteiger partial charge on any atom is -0.263 e. The van der Waals surface area contributed by atoms with Crippen LogP contribution in [0, 0.1) is 13.8 Å². The number of rotatable bonds is 1. The van der Waals surface area contributed by atoms with Gasteiger partial charge in [-0.15, -0.1) is 0 Å². The Hall–Kier alpha value is -1.71. The van der Waals surface area contributed by atoms with E-state index in [1.807, 2.05) is 39.8 Å². The van der Waals surface area contributed by atoms with E-state index in [-0.39, 0.29) is 0 Å². The monoisotopic (exact) mass is 204 g/mol. The molecule has 2 aromatic heterocycles. The Bertz CT molecular complexity index is 403. The summed E-state index contributed by atoms with van der Waals surface area (Å²) in [4.78, 5) is 8.40. The predicted octanol–water partition coefficient (Wildman–Crippen LogP) is 2.51. The Morgan fingerprint density at radius 1 is 1.13 bits per heavy atom. The second-order valence-electron chi connectivity index (χ2n) is 2.97. The van der Waals surface area contributed by atoms with Crippen molar-refractivity contribution in [2.75, 3.05) is 0 Å². The van der Waals surface area contributed by atoms with Crippen LogP contribution in [0.5, 0.6) is 0 Å². The van der Waals surface area contributed by atoms with E-state index in [0.717, 1.165) is 17.1 Å². The minimum atomic E-state index is 0.650. The lowest BCUT2D eigenvalue weighted by molar-refractivity contribution is 1.04. The first-order valence-corrected chi connectivity index (χ1v) is 5.08. The van der Waals surface area contributed by atoms with Crippen LogP contribution < -0.4 is 0 Å². The van der Waals surface area contributed by atoms with Gasteiger partial charge in [-0.1, -0.05) is 19.9 Å². The quantitative estimate of drug-likeness (QED) is 0.776. The van der Waals surface area contributed by atoms with Gasteiger partial charge in [0, 0.05) is 6.20 Å². The van der Waals surface area contributed by atoms with Crippen molar-refractivity contribution in [3.8, 4) is 11.5 Å². The minimum absolute atomic E-state index is 0.650. The predicted molar refractivity (Wildman–Crippen MR) is 60.4 cm³/mol. The second-order valence-corrected chi connectivity index (χ2v) is 2.97. The van der Waals surface area contributed by atoms with Crippen molar-refractivity contribution in [1.29, 1.82) is 0 Å². The summed E-state index contributed by atoms with van der Waals surface area (Å²) in [5.74, 6) is 1.45. The molecule has 15 heavy (non-hydrogen) atoms. The molecule has 0 bridgehead atoms. The number of H-pyrrole nitrogens is 1. The van der Waals surface area contributed by atoms with Gasteiger partial charge in [-0.2, -0.15) is 5.10 Å². The number of nitrogens with zero attached hydrogens (tertiary/aromatic N) is 3. The maximum absolute atomic E-state index is 4.22. The smallest absolute Gasteiger partial charge is 0.199 e. The van der Waals surface area contributed by atoms with E-state index in [9.17, 15) is 0 Å². The summed E-state index contributed by atoms with van der Waals surface area (Å²) in [7, 11) is 0. The lowest BCUT2D eigenvalue weighted by Gasteiger charge is -1.93. The average molecular weight is 204 g/mol. The van der Waals surface area contributed by atoms with Crippen LogP contribution >= 0.6 is 0 Å². The van der Waals surface area contributed by atoms with Crippen LogP contribution in [0.4, 0.5) is 0 Å². The third-order valence-electron chi connectivity index (χ3n) is 1.74. The molecule has 0 spiro atoms.